The number of halogens is 1. The van der Waals surface area contributed by atoms with Crippen LogP contribution in [0, 0.1) is 0 Å². The lowest BCUT2D eigenvalue weighted by molar-refractivity contribution is -0.110. The largest absolute Gasteiger partial charge is 0.377 e. The molecule has 0 heterocycles. The Morgan fingerprint density at radius 3 is 2.33 bits per heavy atom. The molecule has 6 heavy (non-hydrogen) atoms. The second-order valence-corrected chi connectivity index (χ2v) is 0.480. The molecular weight excluding hydrogens is 105 g/mol. The normalized spacial score (nSPS) is 5.50. The topological polar surface area (TPSA) is 49.3 Å². The van der Waals surface area contributed by atoms with Gasteiger partial charge in [0.05, 0.1) is 0 Å². The third-order valence-electron chi connectivity index (χ3n) is 0.175. The second-order valence-electron chi connectivity index (χ2n) is 0.480. The third kappa shape index (κ3) is 9.30. The van der Waals surface area contributed by atoms with E-state index >= 15 is 0 Å². The number of aliphatic hydroxyl groups is 1. The summed E-state index contributed by atoms with van der Waals surface area (Å²) in [6.07, 6.45) is 0.431. The summed E-state index contributed by atoms with van der Waals surface area (Å²) in [7, 11) is 0. The number of carbonyl (C=O) groups excluding carboxylic acids is 1. The molecule has 1 amide bonds. The van der Waals surface area contributed by atoms with Gasteiger partial charge in [0, 0.05) is 0 Å². The highest BCUT2D eigenvalue weighted by Gasteiger charge is 1.59. The Hall–Kier alpha value is -0.280. The number of amides is 1. The van der Waals surface area contributed by atoms with E-state index in [-0.39, 0.29) is 19.1 Å². The molecule has 0 aliphatic rings. The number of hydrogen-bond acceptors (Lipinski definition) is 2. The molecule has 0 aromatic carbocycles. The molecule has 2 N–H and O–H groups in total. The molecule has 0 saturated heterocycles. The minimum atomic E-state index is -0.274. The van der Waals surface area contributed by atoms with E-state index in [1.54, 1.807) is 0 Å². The quantitative estimate of drug-likeness (QED) is 0.359. The zero-order valence-corrected chi connectivity index (χ0v) is 3.86. The fraction of sp³-hybridized carbons (Fsp3) is 0.500. The molecular formula is C2H6ClNO2. The minimum Gasteiger partial charge on any atom is -0.377 e. The van der Waals surface area contributed by atoms with Gasteiger partial charge in [-0.3, -0.25) is 4.79 Å². The lowest BCUT2D eigenvalue weighted by Crippen LogP contribution is -2.10. The van der Waals surface area contributed by atoms with Crippen LogP contribution in [0.3, 0.4) is 0 Å². The van der Waals surface area contributed by atoms with Gasteiger partial charge in [0.1, 0.15) is 6.73 Å². The SMILES string of the molecule is Cl.O=CNCO. The van der Waals surface area contributed by atoms with Gasteiger partial charge in [0.25, 0.3) is 0 Å². The van der Waals surface area contributed by atoms with Gasteiger partial charge in [0.15, 0.2) is 0 Å². The summed E-state index contributed by atoms with van der Waals surface area (Å²) in [5.41, 5.74) is 0. The summed E-state index contributed by atoms with van der Waals surface area (Å²) in [4.78, 5) is 9.13. The van der Waals surface area contributed by atoms with E-state index in [9.17, 15) is 0 Å². The van der Waals surface area contributed by atoms with Crippen molar-refractivity contribution in [1.29, 1.82) is 0 Å². The smallest absolute Gasteiger partial charge is 0.208 e. The van der Waals surface area contributed by atoms with Crippen molar-refractivity contribution < 1.29 is 9.90 Å². The summed E-state index contributed by atoms with van der Waals surface area (Å²) < 4.78 is 0. The van der Waals surface area contributed by atoms with Crippen LogP contribution >= 0.6 is 12.4 Å². The standard InChI is InChI=1S/C2H5NO2.ClH/c4-1-3-2-5;/h1,5H,2H2,(H,3,4);1H. The maximum atomic E-state index is 9.13. The Balaban J connectivity index is 0. The molecule has 0 rings (SSSR count). The molecule has 0 aliphatic heterocycles. The van der Waals surface area contributed by atoms with Crippen LogP contribution in [0.25, 0.3) is 0 Å². The van der Waals surface area contributed by atoms with Crippen molar-refractivity contribution in [3.8, 4) is 0 Å². The van der Waals surface area contributed by atoms with Crippen molar-refractivity contribution in [2.45, 2.75) is 0 Å². The molecule has 0 aliphatic carbocycles. The van der Waals surface area contributed by atoms with E-state index in [1.165, 1.54) is 0 Å². The number of aliphatic hydroxyl groups excluding tert-OH is 1. The molecule has 0 unspecified atom stereocenters. The zero-order valence-electron chi connectivity index (χ0n) is 3.05. The predicted octanol–water partition coefficient (Wildman–Crippen LogP) is -0.896. The third-order valence-corrected chi connectivity index (χ3v) is 0.175. The maximum Gasteiger partial charge on any atom is 0.208 e. The average Bonchev–Trinajstić information content (AvgIpc) is 1.41. The molecule has 0 atom stereocenters. The summed E-state index contributed by atoms with van der Waals surface area (Å²) in [5.74, 6) is 0. The van der Waals surface area contributed by atoms with Crippen molar-refractivity contribution in [3.63, 3.8) is 0 Å². The first-order valence-electron chi connectivity index (χ1n) is 1.19. The van der Waals surface area contributed by atoms with Gasteiger partial charge in [-0.25, -0.2) is 0 Å². The van der Waals surface area contributed by atoms with Gasteiger partial charge in [-0.2, -0.15) is 0 Å². The van der Waals surface area contributed by atoms with E-state index in [2.05, 4.69) is 0 Å². The molecule has 3 nitrogen and oxygen atoms in total. The Morgan fingerprint density at radius 1 is 1.83 bits per heavy atom. The van der Waals surface area contributed by atoms with Gasteiger partial charge in [-0.05, 0) is 0 Å². The lowest BCUT2D eigenvalue weighted by atomic mass is 11.2. The van der Waals surface area contributed by atoms with Crippen LogP contribution in [-0.4, -0.2) is 18.2 Å². The molecule has 4 heteroatoms. The van der Waals surface area contributed by atoms with Crippen molar-refractivity contribution in [2.75, 3.05) is 6.73 Å². The first kappa shape index (κ1) is 9.21. The van der Waals surface area contributed by atoms with Crippen LogP contribution in [0.15, 0.2) is 0 Å². The van der Waals surface area contributed by atoms with Crippen LogP contribution in [-0.2, 0) is 4.79 Å². The van der Waals surface area contributed by atoms with Crippen LogP contribution in [0.1, 0.15) is 0 Å². The minimum absolute atomic E-state index is 0. The molecule has 0 aromatic heterocycles. The molecule has 0 saturated carbocycles. The summed E-state index contributed by atoms with van der Waals surface area (Å²) in [5, 5.41) is 9.71. The Labute approximate surface area is 41.8 Å². The Morgan fingerprint density at radius 2 is 2.33 bits per heavy atom. The van der Waals surface area contributed by atoms with Gasteiger partial charge >= 0.3 is 0 Å². The summed E-state index contributed by atoms with van der Waals surface area (Å²) in [6.45, 7) is -0.274. The highest BCUT2D eigenvalue weighted by atomic mass is 35.5. The van der Waals surface area contributed by atoms with Crippen LogP contribution in [0.5, 0.6) is 0 Å². The van der Waals surface area contributed by atoms with Crippen molar-refractivity contribution >= 4 is 18.8 Å². The zero-order chi connectivity index (χ0) is 4.12. The Bertz CT molecular complexity index is 32.7. The van der Waals surface area contributed by atoms with Gasteiger partial charge in [-0.15, -0.1) is 12.4 Å². The highest BCUT2D eigenvalue weighted by molar-refractivity contribution is 5.85. The first-order chi connectivity index (χ1) is 2.41. The maximum absolute atomic E-state index is 9.13. The monoisotopic (exact) mass is 111 g/mol. The number of hydrogen-bond donors (Lipinski definition) is 2. The van der Waals surface area contributed by atoms with Gasteiger partial charge in [0.2, 0.25) is 6.41 Å². The highest BCUT2D eigenvalue weighted by Crippen LogP contribution is 1.29. The van der Waals surface area contributed by atoms with Crippen molar-refractivity contribution in [3.05, 3.63) is 0 Å². The molecule has 0 bridgehead atoms. The van der Waals surface area contributed by atoms with Crippen molar-refractivity contribution in [1.82, 2.24) is 5.32 Å². The second kappa shape index (κ2) is 8.83. The molecule has 38 valence electrons. The van der Waals surface area contributed by atoms with Crippen LogP contribution in [0.4, 0.5) is 0 Å². The van der Waals surface area contributed by atoms with E-state index in [1.807, 2.05) is 5.32 Å². The summed E-state index contributed by atoms with van der Waals surface area (Å²) >= 11 is 0. The fourth-order valence-corrected chi connectivity index (χ4v) is 0.0373. The first-order valence-corrected chi connectivity index (χ1v) is 1.19. The Kier molecular flexibility index (Phi) is 13.5. The van der Waals surface area contributed by atoms with Crippen molar-refractivity contribution in [2.24, 2.45) is 0 Å². The van der Waals surface area contributed by atoms with Crippen LogP contribution < -0.4 is 5.32 Å². The number of carbonyl (C=O) groups is 1. The number of nitrogens with one attached hydrogen (secondary N) is 1. The van der Waals surface area contributed by atoms with E-state index in [0.717, 1.165) is 0 Å². The number of rotatable bonds is 2. The van der Waals surface area contributed by atoms with Gasteiger partial charge < -0.3 is 10.4 Å². The van der Waals surface area contributed by atoms with E-state index in [0.29, 0.717) is 6.41 Å². The fourth-order valence-electron chi connectivity index (χ4n) is 0.0373. The van der Waals surface area contributed by atoms with Gasteiger partial charge in [-0.1, -0.05) is 0 Å². The lowest BCUT2D eigenvalue weighted by Gasteiger charge is -1.78. The van der Waals surface area contributed by atoms with E-state index in [4.69, 9.17) is 9.90 Å². The average molecular weight is 112 g/mol. The predicted molar refractivity (Wildman–Crippen MR) is 23.5 cm³/mol. The molecule has 0 fully saturated rings. The van der Waals surface area contributed by atoms with E-state index < -0.39 is 0 Å². The van der Waals surface area contributed by atoms with Crippen LogP contribution in [0.2, 0.25) is 0 Å². The molecule has 0 radical (unpaired) electrons. The molecule has 0 aromatic rings. The summed E-state index contributed by atoms with van der Waals surface area (Å²) in [6, 6.07) is 0. The molecule has 0 spiro atoms.